The van der Waals surface area contributed by atoms with Gasteiger partial charge in [0.25, 0.3) is 5.91 Å². The molecule has 0 saturated carbocycles. The summed E-state index contributed by atoms with van der Waals surface area (Å²) < 4.78 is 32.3. The van der Waals surface area contributed by atoms with Crippen LogP contribution in [-0.4, -0.2) is 52.0 Å². The zero-order valence-corrected chi connectivity index (χ0v) is 23.5. The molecule has 0 fully saturated rings. The predicted octanol–water partition coefficient (Wildman–Crippen LogP) is 4.37. The number of carbonyl (C=O) groups is 2. The summed E-state index contributed by atoms with van der Waals surface area (Å²) in [6, 6.07) is 13.9. The lowest BCUT2D eigenvalue weighted by atomic mass is 10.1. The minimum atomic E-state index is -3.74. The first-order valence-electron chi connectivity index (χ1n) is 12.8. The summed E-state index contributed by atoms with van der Waals surface area (Å²) in [5.41, 5.74) is 1.98. The number of carbonyl (C=O) groups excluding carboxylic acids is 2. The number of anilines is 2. The van der Waals surface area contributed by atoms with Crippen LogP contribution in [0.5, 0.6) is 0 Å². The smallest absolute Gasteiger partial charge is 0.413 e. The summed E-state index contributed by atoms with van der Waals surface area (Å²) in [5, 5.41) is 7.74. The van der Waals surface area contributed by atoms with Crippen LogP contribution < -0.4 is 10.2 Å². The molecule has 2 amide bonds. The Labute approximate surface area is 232 Å². The van der Waals surface area contributed by atoms with Crippen LogP contribution in [0.2, 0.25) is 0 Å². The molecule has 5 rings (SSSR count). The highest BCUT2D eigenvalue weighted by Crippen LogP contribution is 2.28. The summed E-state index contributed by atoms with van der Waals surface area (Å²) in [4.78, 5) is 36.1. The first kappa shape index (κ1) is 27.3. The first-order chi connectivity index (χ1) is 18.9. The number of amides is 2. The van der Waals surface area contributed by atoms with Gasteiger partial charge in [0, 0.05) is 30.1 Å². The average molecular weight is 563 g/mol. The Morgan fingerprint density at radius 2 is 1.90 bits per heavy atom. The van der Waals surface area contributed by atoms with Gasteiger partial charge in [-0.1, -0.05) is 12.1 Å². The zero-order chi connectivity index (χ0) is 28.7. The number of aromatic nitrogens is 4. The summed E-state index contributed by atoms with van der Waals surface area (Å²) in [6.45, 7) is 6.09. The van der Waals surface area contributed by atoms with Crippen molar-refractivity contribution in [3.8, 4) is 0 Å². The van der Waals surface area contributed by atoms with Gasteiger partial charge in [-0.25, -0.2) is 23.2 Å². The number of ether oxygens (including phenoxy) is 1. The topological polar surface area (TPSA) is 136 Å². The maximum atomic E-state index is 13.8. The maximum Gasteiger partial charge on any atom is 0.413 e. The molecular weight excluding hydrogens is 532 g/mol. The second kappa shape index (κ2) is 10.3. The van der Waals surface area contributed by atoms with Crippen molar-refractivity contribution in [2.45, 2.75) is 57.3 Å². The van der Waals surface area contributed by atoms with E-state index in [-0.39, 0.29) is 23.0 Å². The molecule has 40 heavy (non-hydrogen) atoms. The van der Waals surface area contributed by atoms with E-state index < -0.39 is 27.4 Å². The zero-order valence-electron chi connectivity index (χ0n) is 22.7. The standard InChI is InChI=1S/C28H30N6O5S/c1-28(2,3)39-27(36)31-24-12-11-19-10-9-18(15-21(19)30-24)17-33(23-8-5-13-29-25(23)40(4,37)38)26(35)22-16-20-7-6-14-34(20)32-22/h5,8-13,15-16H,6-7,14,17H2,1-4H3,(H,30,31,36). The molecule has 3 aromatic heterocycles. The molecule has 12 heteroatoms. The number of rotatable bonds is 6. The third kappa shape index (κ3) is 5.96. The second-order valence-corrected chi connectivity index (χ2v) is 12.6. The van der Waals surface area contributed by atoms with Gasteiger partial charge in [-0.15, -0.1) is 0 Å². The minimum Gasteiger partial charge on any atom is -0.444 e. The number of aryl methyl sites for hydroxylation is 2. The fraction of sp³-hybridized carbons (Fsp3) is 0.321. The van der Waals surface area contributed by atoms with Gasteiger partial charge >= 0.3 is 6.09 Å². The van der Waals surface area contributed by atoms with Crippen molar-refractivity contribution < 1.29 is 22.7 Å². The lowest BCUT2D eigenvalue weighted by Gasteiger charge is -2.24. The van der Waals surface area contributed by atoms with E-state index in [0.717, 1.165) is 36.7 Å². The molecule has 1 aliphatic rings. The number of fused-ring (bicyclic) bond motifs is 2. The minimum absolute atomic E-state index is 0.0383. The maximum absolute atomic E-state index is 13.8. The van der Waals surface area contributed by atoms with Crippen molar-refractivity contribution in [3.63, 3.8) is 0 Å². The SMILES string of the molecule is CC(C)(C)OC(=O)Nc1ccc2ccc(CN(C(=O)c3cc4n(n3)CCC4)c3cccnc3S(C)(=O)=O)cc2n1. The molecule has 1 aliphatic heterocycles. The number of benzene rings is 1. The highest BCUT2D eigenvalue weighted by Gasteiger charge is 2.28. The number of pyridine rings is 2. The first-order valence-corrected chi connectivity index (χ1v) is 14.7. The Kier molecular flexibility index (Phi) is 7.05. The molecule has 4 heterocycles. The predicted molar refractivity (Wildman–Crippen MR) is 150 cm³/mol. The second-order valence-electron chi connectivity index (χ2n) is 10.7. The molecule has 1 N–H and O–H groups in total. The van der Waals surface area contributed by atoms with Crippen LogP contribution in [0.3, 0.4) is 0 Å². The number of sulfone groups is 1. The van der Waals surface area contributed by atoms with E-state index in [4.69, 9.17) is 4.74 Å². The fourth-order valence-corrected chi connectivity index (χ4v) is 5.37. The van der Waals surface area contributed by atoms with Crippen LogP contribution in [0.25, 0.3) is 10.9 Å². The van der Waals surface area contributed by atoms with Crippen LogP contribution in [0.15, 0.2) is 59.8 Å². The molecule has 208 valence electrons. The average Bonchev–Trinajstić information content (AvgIpc) is 3.48. The van der Waals surface area contributed by atoms with Crippen LogP contribution in [0.4, 0.5) is 16.3 Å². The van der Waals surface area contributed by atoms with Crippen molar-refractivity contribution in [2.75, 3.05) is 16.5 Å². The highest BCUT2D eigenvalue weighted by molar-refractivity contribution is 7.90. The third-order valence-corrected chi connectivity index (χ3v) is 7.27. The fourth-order valence-electron chi connectivity index (χ4n) is 4.56. The van der Waals surface area contributed by atoms with Crippen LogP contribution in [0, 0.1) is 0 Å². The normalized spacial score (nSPS) is 13.2. The van der Waals surface area contributed by atoms with E-state index in [1.807, 2.05) is 22.9 Å². The molecular formula is C28H30N6O5S. The van der Waals surface area contributed by atoms with Gasteiger partial charge in [0.1, 0.15) is 11.4 Å². The molecule has 0 unspecified atom stereocenters. The number of nitrogens with one attached hydrogen (secondary N) is 1. The van der Waals surface area contributed by atoms with E-state index in [0.29, 0.717) is 16.9 Å². The van der Waals surface area contributed by atoms with Crippen molar-refractivity contribution in [3.05, 3.63) is 71.7 Å². The Hall–Kier alpha value is -4.32. The monoisotopic (exact) mass is 562 g/mol. The van der Waals surface area contributed by atoms with Gasteiger partial charge < -0.3 is 4.74 Å². The van der Waals surface area contributed by atoms with Gasteiger partial charge in [0.05, 0.1) is 17.7 Å². The van der Waals surface area contributed by atoms with Crippen LogP contribution >= 0.6 is 0 Å². The van der Waals surface area contributed by atoms with Crippen LogP contribution in [-0.2, 0) is 34.1 Å². The van der Waals surface area contributed by atoms with Crippen molar-refractivity contribution in [2.24, 2.45) is 0 Å². The lowest BCUT2D eigenvalue weighted by molar-refractivity contribution is 0.0635. The van der Waals surface area contributed by atoms with Gasteiger partial charge in [0.2, 0.25) is 0 Å². The molecule has 0 atom stereocenters. The largest absolute Gasteiger partial charge is 0.444 e. The summed E-state index contributed by atoms with van der Waals surface area (Å²) >= 11 is 0. The molecule has 0 radical (unpaired) electrons. The van der Waals surface area contributed by atoms with Gasteiger partial charge in [-0.3, -0.25) is 19.7 Å². The quantitative estimate of drug-likeness (QED) is 0.366. The van der Waals surface area contributed by atoms with Gasteiger partial charge in [-0.05, 0) is 75.6 Å². The molecule has 0 spiro atoms. The molecule has 11 nitrogen and oxygen atoms in total. The van der Waals surface area contributed by atoms with E-state index in [2.05, 4.69) is 20.4 Å². The summed E-state index contributed by atoms with van der Waals surface area (Å²) in [5.74, 6) is -0.126. The summed E-state index contributed by atoms with van der Waals surface area (Å²) in [7, 11) is -3.74. The Bertz CT molecular complexity index is 1700. The van der Waals surface area contributed by atoms with E-state index >= 15 is 0 Å². The number of hydrogen-bond acceptors (Lipinski definition) is 8. The molecule has 0 saturated heterocycles. The molecule has 0 bridgehead atoms. The number of hydrogen-bond donors (Lipinski definition) is 1. The molecule has 1 aromatic carbocycles. The Morgan fingerprint density at radius 3 is 2.62 bits per heavy atom. The van der Waals surface area contributed by atoms with Gasteiger partial charge in [0.15, 0.2) is 20.6 Å². The van der Waals surface area contributed by atoms with Crippen molar-refractivity contribution >= 4 is 44.2 Å². The van der Waals surface area contributed by atoms with Crippen molar-refractivity contribution in [1.82, 2.24) is 19.7 Å². The van der Waals surface area contributed by atoms with Gasteiger partial charge in [-0.2, -0.15) is 5.10 Å². The van der Waals surface area contributed by atoms with E-state index in [1.54, 1.807) is 51.1 Å². The van der Waals surface area contributed by atoms with Crippen LogP contribution in [0.1, 0.15) is 48.9 Å². The lowest BCUT2D eigenvalue weighted by Crippen LogP contribution is -2.32. The molecule has 0 aliphatic carbocycles. The number of nitrogens with zero attached hydrogens (tertiary/aromatic N) is 5. The van der Waals surface area contributed by atoms with E-state index in [9.17, 15) is 18.0 Å². The Balaban J connectivity index is 1.51. The third-order valence-electron chi connectivity index (χ3n) is 6.25. The van der Waals surface area contributed by atoms with Crippen molar-refractivity contribution in [1.29, 1.82) is 0 Å². The highest BCUT2D eigenvalue weighted by atomic mass is 32.2. The molecule has 4 aromatic rings. The van der Waals surface area contributed by atoms with E-state index in [1.165, 1.54) is 11.1 Å². The Morgan fingerprint density at radius 1 is 1.12 bits per heavy atom. The summed E-state index contributed by atoms with van der Waals surface area (Å²) in [6.07, 6.45) is 3.62.